The maximum atomic E-state index is 2.48. The average Bonchev–Trinajstić information content (AvgIpc) is 2.29. The molecule has 2 aliphatic carbocycles. The van der Waals surface area contributed by atoms with Crippen molar-refractivity contribution >= 4 is 0 Å². The molecule has 3 atom stereocenters. The van der Waals surface area contributed by atoms with E-state index < -0.39 is 0 Å². The van der Waals surface area contributed by atoms with E-state index >= 15 is 0 Å². The minimum Gasteiger partial charge on any atom is -0.0651 e. The summed E-state index contributed by atoms with van der Waals surface area (Å²) in [6, 6.07) is 0. The Bertz CT molecular complexity index is 178. The van der Waals surface area contributed by atoms with Crippen molar-refractivity contribution in [3.63, 3.8) is 0 Å². The molecule has 15 heavy (non-hydrogen) atoms. The monoisotopic (exact) mass is 208 g/mol. The molecule has 2 saturated carbocycles. The highest BCUT2D eigenvalue weighted by atomic mass is 14.4. The van der Waals surface area contributed by atoms with Crippen LogP contribution in [0.15, 0.2) is 0 Å². The summed E-state index contributed by atoms with van der Waals surface area (Å²) in [6.07, 6.45) is 13.7. The zero-order chi connectivity index (χ0) is 10.7. The van der Waals surface area contributed by atoms with Crippen LogP contribution in [0.2, 0.25) is 0 Å². The average molecular weight is 208 g/mol. The van der Waals surface area contributed by atoms with E-state index in [1.54, 1.807) is 25.7 Å². The summed E-state index contributed by atoms with van der Waals surface area (Å²) < 4.78 is 0. The van der Waals surface area contributed by atoms with Crippen LogP contribution in [0.4, 0.5) is 0 Å². The van der Waals surface area contributed by atoms with Gasteiger partial charge in [0.25, 0.3) is 0 Å². The summed E-state index contributed by atoms with van der Waals surface area (Å²) >= 11 is 0. The molecule has 0 heteroatoms. The lowest BCUT2D eigenvalue weighted by Gasteiger charge is -2.39. The van der Waals surface area contributed by atoms with E-state index in [-0.39, 0.29) is 0 Å². The predicted molar refractivity (Wildman–Crippen MR) is 66.9 cm³/mol. The van der Waals surface area contributed by atoms with Gasteiger partial charge in [-0.25, -0.2) is 0 Å². The molecule has 3 unspecified atom stereocenters. The second kappa shape index (κ2) is 5.37. The number of hydrogen-bond donors (Lipinski definition) is 0. The zero-order valence-electron chi connectivity index (χ0n) is 10.7. The summed E-state index contributed by atoms with van der Waals surface area (Å²) in [5.74, 6) is 4.27. The Morgan fingerprint density at radius 1 is 0.867 bits per heavy atom. The highest BCUT2D eigenvalue weighted by Gasteiger charge is 2.31. The van der Waals surface area contributed by atoms with Gasteiger partial charge < -0.3 is 0 Å². The van der Waals surface area contributed by atoms with Gasteiger partial charge in [0.2, 0.25) is 0 Å². The van der Waals surface area contributed by atoms with Gasteiger partial charge in [-0.2, -0.15) is 0 Å². The van der Waals surface area contributed by atoms with Gasteiger partial charge in [-0.3, -0.25) is 0 Å². The molecule has 0 spiro atoms. The molecule has 0 aromatic heterocycles. The first-order valence-electron chi connectivity index (χ1n) is 7.29. The Morgan fingerprint density at radius 3 is 2.27 bits per heavy atom. The molecule has 0 aromatic carbocycles. The highest BCUT2D eigenvalue weighted by molar-refractivity contribution is 4.82. The van der Waals surface area contributed by atoms with E-state index in [9.17, 15) is 0 Å². The van der Waals surface area contributed by atoms with E-state index in [0.29, 0.717) is 0 Å². The normalized spacial score (nSPS) is 39.2. The van der Waals surface area contributed by atoms with Gasteiger partial charge in [0, 0.05) is 0 Å². The molecule has 2 aliphatic rings. The first kappa shape index (κ1) is 11.5. The van der Waals surface area contributed by atoms with Crippen molar-refractivity contribution in [1.29, 1.82) is 0 Å². The van der Waals surface area contributed by atoms with Crippen molar-refractivity contribution in [3.05, 3.63) is 0 Å². The van der Waals surface area contributed by atoms with Crippen LogP contribution in [0.3, 0.4) is 0 Å². The molecule has 0 aromatic rings. The van der Waals surface area contributed by atoms with Crippen molar-refractivity contribution in [1.82, 2.24) is 0 Å². The first-order valence-corrected chi connectivity index (χ1v) is 7.29. The van der Waals surface area contributed by atoms with Crippen molar-refractivity contribution in [2.75, 3.05) is 0 Å². The molecule has 0 N–H and O–H groups in total. The lowest BCUT2D eigenvalue weighted by atomic mass is 9.67. The smallest absolute Gasteiger partial charge is 0.0381 e. The van der Waals surface area contributed by atoms with Gasteiger partial charge in [-0.05, 0) is 42.9 Å². The Morgan fingerprint density at radius 2 is 1.60 bits per heavy atom. The third-order valence-corrected chi connectivity index (χ3v) is 4.97. The lowest BCUT2D eigenvalue weighted by Crippen LogP contribution is -2.27. The van der Waals surface area contributed by atoms with Gasteiger partial charge in [0.05, 0.1) is 0 Å². The van der Waals surface area contributed by atoms with Crippen LogP contribution in [0.5, 0.6) is 0 Å². The second-order valence-electron chi connectivity index (χ2n) is 6.24. The minimum atomic E-state index is 1.01. The summed E-state index contributed by atoms with van der Waals surface area (Å²) in [6.45, 7) is 4.87. The van der Waals surface area contributed by atoms with Gasteiger partial charge in [0.1, 0.15) is 0 Å². The van der Waals surface area contributed by atoms with Crippen molar-refractivity contribution in [2.24, 2.45) is 23.7 Å². The largest absolute Gasteiger partial charge is 0.0651 e. The Hall–Kier alpha value is 0. The number of hydrogen-bond acceptors (Lipinski definition) is 0. The van der Waals surface area contributed by atoms with Crippen molar-refractivity contribution in [2.45, 2.75) is 71.6 Å². The maximum Gasteiger partial charge on any atom is -0.0381 e. The molecule has 0 nitrogen and oxygen atoms in total. The van der Waals surface area contributed by atoms with Gasteiger partial charge in [-0.1, -0.05) is 52.4 Å². The van der Waals surface area contributed by atoms with E-state index in [2.05, 4.69) is 13.8 Å². The molecule has 0 bridgehead atoms. The standard InChI is InChI=1S/C15H28/c1-3-13-9-12(2)10-15(11-13)14-7-5-4-6-8-14/h12-15H,3-11H2,1-2H3. The molecule has 0 saturated heterocycles. The van der Waals surface area contributed by atoms with Crippen LogP contribution in [0.1, 0.15) is 71.6 Å². The third-order valence-electron chi connectivity index (χ3n) is 4.97. The molecule has 0 radical (unpaired) electrons. The first-order chi connectivity index (χ1) is 7.29. The molecule has 0 amide bonds. The summed E-state index contributed by atoms with van der Waals surface area (Å²) in [4.78, 5) is 0. The second-order valence-corrected chi connectivity index (χ2v) is 6.24. The van der Waals surface area contributed by atoms with Gasteiger partial charge in [0.15, 0.2) is 0 Å². The Balaban J connectivity index is 1.89. The van der Waals surface area contributed by atoms with Crippen LogP contribution in [-0.4, -0.2) is 0 Å². The zero-order valence-corrected chi connectivity index (χ0v) is 10.7. The molecule has 0 aliphatic heterocycles. The summed E-state index contributed by atoms with van der Waals surface area (Å²) in [5, 5.41) is 0. The minimum absolute atomic E-state index is 1.01. The molecular weight excluding hydrogens is 180 g/mol. The Labute approximate surface area is 95.8 Å². The quantitative estimate of drug-likeness (QED) is 0.597. The fraction of sp³-hybridized carbons (Fsp3) is 1.00. The molecule has 88 valence electrons. The molecule has 2 rings (SSSR count). The lowest BCUT2D eigenvalue weighted by molar-refractivity contribution is 0.124. The van der Waals surface area contributed by atoms with Crippen LogP contribution < -0.4 is 0 Å². The predicted octanol–water partition coefficient (Wildman–Crippen LogP) is 5.03. The van der Waals surface area contributed by atoms with Crippen molar-refractivity contribution < 1.29 is 0 Å². The van der Waals surface area contributed by atoms with Gasteiger partial charge in [-0.15, -0.1) is 0 Å². The van der Waals surface area contributed by atoms with E-state index in [0.717, 1.165) is 23.7 Å². The summed E-state index contributed by atoms with van der Waals surface area (Å²) in [7, 11) is 0. The maximum absolute atomic E-state index is 2.48. The van der Waals surface area contributed by atoms with Crippen molar-refractivity contribution in [3.8, 4) is 0 Å². The fourth-order valence-electron chi connectivity index (χ4n) is 4.13. The summed E-state index contributed by atoms with van der Waals surface area (Å²) in [5.41, 5.74) is 0. The van der Waals surface area contributed by atoms with Crippen LogP contribution in [0.25, 0.3) is 0 Å². The molecular formula is C15H28. The van der Waals surface area contributed by atoms with Gasteiger partial charge >= 0.3 is 0 Å². The molecule has 0 heterocycles. The SMILES string of the molecule is CCC1CC(C)CC(C2CCCCC2)C1. The van der Waals surface area contributed by atoms with Crippen LogP contribution in [-0.2, 0) is 0 Å². The van der Waals surface area contributed by atoms with E-state index in [1.807, 2.05) is 0 Å². The van der Waals surface area contributed by atoms with E-state index in [1.165, 1.54) is 32.1 Å². The third kappa shape index (κ3) is 2.98. The van der Waals surface area contributed by atoms with E-state index in [4.69, 9.17) is 0 Å². The van der Waals surface area contributed by atoms with Crippen LogP contribution in [0, 0.1) is 23.7 Å². The highest BCUT2D eigenvalue weighted by Crippen LogP contribution is 2.43. The van der Waals surface area contributed by atoms with Crippen LogP contribution >= 0.6 is 0 Å². The number of rotatable bonds is 2. The fourth-order valence-corrected chi connectivity index (χ4v) is 4.13. The molecule has 2 fully saturated rings. The topological polar surface area (TPSA) is 0 Å². The Kier molecular flexibility index (Phi) is 4.11.